The van der Waals surface area contributed by atoms with Crippen LogP contribution in [0.15, 0.2) is 30.3 Å². The minimum Gasteiger partial charge on any atom is -0.393 e. The van der Waals surface area contributed by atoms with E-state index in [0.717, 1.165) is 32.0 Å². The van der Waals surface area contributed by atoms with Gasteiger partial charge in [0.25, 0.3) is 5.91 Å². The van der Waals surface area contributed by atoms with Crippen LogP contribution in [-0.2, 0) is 16.0 Å². The van der Waals surface area contributed by atoms with Crippen molar-refractivity contribution in [2.45, 2.75) is 39.2 Å². The van der Waals surface area contributed by atoms with Crippen LogP contribution in [0.5, 0.6) is 0 Å². The molecule has 1 saturated heterocycles. The molecule has 0 spiro atoms. The summed E-state index contributed by atoms with van der Waals surface area (Å²) in [7, 11) is 2.12. The molecule has 3 rings (SSSR count). The van der Waals surface area contributed by atoms with Crippen LogP contribution in [0.4, 0.5) is 23.2 Å². The number of hydrogen-bond acceptors (Lipinski definition) is 5. The van der Waals surface area contributed by atoms with Gasteiger partial charge in [0.15, 0.2) is 17.5 Å². The van der Waals surface area contributed by atoms with Crippen molar-refractivity contribution in [3.05, 3.63) is 64.7 Å². The molecule has 2 atom stereocenters. The van der Waals surface area contributed by atoms with Crippen LogP contribution in [0.2, 0.25) is 0 Å². The van der Waals surface area contributed by atoms with Crippen molar-refractivity contribution in [1.82, 2.24) is 4.90 Å². The van der Waals surface area contributed by atoms with E-state index in [1.54, 1.807) is 6.92 Å². The molecule has 6 nitrogen and oxygen atoms in total. The lowest BCUT2D eigenvalue weighted by molar-refractivity contribution is -0.0987. The van der Waals surface area contributed by atoms with Crippen LogP contribution < -0.4 is 5.32 Å². The van der Waals surface area contributed by atoms with Gasteiger partial charge in [-0.15, -0.1) is 0 Å². The van der Waals surface area contributed by atoms with Gasteiger partial charge in [-0.1, -0.05) is 13.8 Å². The van der Waals surface area contributed by atoms with E-state index in [4.69, 9.17) is 9.59 Å². The second-order valence-corrected chi connectivity index (χ2v) is 7.82. The van der Waals surface area contributed by atoms with Gasteiger partial charge in [0.05, 0.1) is 6.10 Å². The normalized spacial score (nSPS) is 17.3. The Hall–Kier alpha value is -3.11. The van der Waals surface area contributed by atoms with Crippen LogP contribution in [0.25, 0.3) is 0 Å². The van der Waals surface area contributed by atoms with E-state index < -0.39 is 29.2 Å². The van der Waals surface area contributed by atoms with Crippen molar-refractivity contribution in [3.8, 4) is 0 Å². The number of halogens is 4. The molecule has 0 aliphatic carbocycles. The van der Waals surface area contributed by atoms with E-state index in [2.05, 4.69) is 24.2 Å². The second kappa shape index (κ2) is 16.5. The maximum atomic E-state index is 13.3. The average molecular weight is 501 g/mol. The number of nitrogens with zero attached hydrogens (tertiary/aromatic N) is 1. The Kier molecular flexibility index (Phi) is 15.0. The molecule has 1 fully saturated rings. The SMILES string of the molecule is C=O.C=O.CC1CN(C)CCCC1O.CCc1cc(C(=O)Nc2cc(F)c(F)c(F)c2)ccc1F. The molecule has 194 valence electrons. The summed E-state index contributed by atoms with van der Waals surface area (Å²) in [5, 5.41) is 11.7. The van der Waals surface area contributed by atoms with Crippen LogP contribution in [-0.4, -0.2) is 55.7 Å². The van der Waals surface area contributed by atoms with E-state index in [0.29, 0.717) is 30.0 Å². The number of aryl methyl sites for hydroxylation is 1. The monoisotopic (exact) mass is 500 g/mol. The highest BCUT2D eigenvalue weighted by molar-refractivity contribution is 6.04. The zero-order valence-corrected chi connectivity index (χ0v) is 20.1. The Labute approximate surface area is 202 Å². The topological polar surface area (TPSA) is 86.7 Å². The van der Waals surface area contributed by atoms with Gasteiger partial charge in [-0.05, 0) is 62.5 Å². The van der Waals surface area contributed by atoms with E-state index in [9.17, 15) is 27.5 Å². The van der Waals surface area contributed by atoms with Gasteiger partial charge in [-0.3, -0.25) is 4.79 Å². The van der Waals surface area contributed by atoms with Crippen molar-refractivity contribution < 1.29 is 37.1 Å². The van der Waals surface area contributed by atoms with Crippen molar-refractivity contribution in [2.75, 3.05) is 25.5 Å². The first kappa shape index (κ1) is 31.9. The van der Waals surface area contributed by atoms with Crippen LogP contribution in [0.3, 0.4) is 0 Å². The number of likely N-dealkylation sites (tertiary alicyclic amines) is 1. The largest absolute Gasteiger partial charge is 0.393 e. The van der Waals surface area contributed by atoms with Crippen LogP contribution in [0, 0.1) is 29.2 Å². The minimum absolute atomic E-state index is 0.0649. The predicted molar refractivity (Wildman–Crippen MR) is 126 cm³/mol. The van der Waals surface area contributed by atoms with Gasteiger partial charge in [0, 0.05) is 29.9 Å². The van der Waals surface area contributed by atoms with Gasteiger partial charge in [0.2, 0.25) is 0 Å². The number of nitrogens with one attached hydrogen (secondary N) is 1. The maximum Gasteiger partial charge on any atom is 0.255 e. The van der Waals surface area contributed by atoms with Crippen molar-refractivity contribution in [2.24, 2.45) is 5.92 Å². The Morgan fingerprint density at radius 1 is 1.06 bits per heavy atom. The summed E-state index contributed by atoms with van der Waals surface area (Å²) in [6.45, 7) is 10.0. The third kappa shape index (κ3) is 10.4. The summed E-state index contributed by atoms with van der Waals surface area (Å²) >= 11 is 0. The molecule has 2 N–H and O–H groups in total. The van der Waals surface area contributed by atoms with Gasteiger partial charge in [-0.2, -0.15) is 0 Å². The number of carbonyl (C=O) groups is 3. The first-order valence-electron chi connectivity index (χ1n) is 10.8. The molecule has 0 aromatic heterocycles. The molecular formula is C25H32F4N2O4. The third-order valence-electron chi connectivity index (χ3n) is 5.23. The number of aliphatic hydroxyl groups excluding tert-OH is 1. The maximum absolute atomic E-state index is 13.3. The van der Waals surface area contributed by atoms with E-state index in [1.807, 2.05) is 13.6 Å². The number of anilines is 1. The molecule has 1 aliphatic rings. The molecule has 0 saturated carbocycles. The zero-order chi connectivity index (χ0) is 27.1. The highest BCUT2D eigenvalue weighted by Gasteiger charge is 2.19. The zero-order valence-electron chi connectivity index (χ0n) is 20.1. The third-order valence-corrected chi connectivity index (χ3v) is 5.23. The van der Waals surface area contributed by atoms with E-state index in [-0.39, 0.29) is 17.4 Å². The summed E-state index contributed by atoms with van der Waals surface area (Å²) < 4.78 is 52.2. The number of benzene rings is 2. The van der Waals surface area contributed by atoms with Gasteiger partial charge in [-0.25, -0.2) is 17.6 Å². The fraction of sp³-hybridized carbons (Fsp3) is 0.400. The molecular weight excluding hydrogens is 468 g/mol. The van der Waals surface area contributed by atoms with Crippen molar-refractivity contribution in [1.29, 1.82) is 0 Å². The lowest BCUT2D eigenvalue weighted by Gasteiger charge is -2.18. The molecule has 0 radical (unpaired) electrons. The Bertz CT molecular complexity index is 921. The second-order valence-electron chi connectivity index (χ2n) is 7.82. The lowest BCUT2D eigenvalue weighted by atomic mass is 10.0. The molecule has 35 heavy (non-hydrogen) atoms. The predicted octanol–water partition coefficient (Wildman–Crippen LogP) is 4.40. The van der Waals surface area contributed by atoms with Crippen LogP contribution >= 0.6 is 0 Å². The molecule has 0 bridgehead atoms. The lowest BCUT2D eigenvalue weighted by Crippen LogP contribution is -2.27. The number of rotatable bonds is 3. The summed E-state index contributed by atoms with van der Waals surface area (Å²) in [6, 6.07) is 5.07. The smallest absolute Gasteiger partial charge is 0.255 e. The fourth-order valence-corrected chi connectivity index (χ4v) is 3.38. The number of carbonyl (C=O) groups excluding carboxylic acids is 3. The highest BCUT2D eigenvalue weighted by Crippen LogP contribution is 2.19. The van der Waals surface area contributed by atoms with Gasteiger partial charge < -0.3 is 24.9 Å². The minimum atomic E-state index is -1.61. The molecule has 1 aliphatic heterocycles. The molecule has 1 heterocycles. The van der Waals surface area contributed by atoms with Crippen molar-refractivity contribution >= 4 is 25.2 Å². The van der Waals surface area contributed by atoms with Crippen molar-refractivity contribution in [3.63, 3.8) is 0 Å². The van der Waals surface area contributed by atoms with Crippen LogP contribution in [0.1, 0.15) is 42.6 Å². The van der Waals surface area contributed by atoms with Gasteiger partial charge >= 0.3 is 0 Å². The Morgan fingerprint density at radius 3 is 2.17 bits per heavy atom. The number of aliphatic hydroxyl groups is 1. The quantitative estimate of drug-likeness (QED) is 0.482. The first-order valence-corrected chi connectivity index (χ1v) is 10.8. The molecule has 10 heteroatoms. The summed E-state index contributed by atoms with van der Waals surface area (Å²) in [6.07, 6.45) is 2.45. The molecule has 2 aromatic carbocycles. The Morgan fingerprint density at radius 2 is 1.63 bits per heavy atom. The van der Waals surface area contributed by atoms with E-state index in [1.165, 1.54) is 12.1 Å². The number of hydrogen-bond donors (Lipinski definition) is 2. The van der Waals surface area contributed by atoms with Gasteiger partial charge in [0.1, 0.15) is 19.4 Å². The first-order chi connectivity index (χ1) is 16.6. The number of amides is 1. The summed E-state index contributed by atoms with van der Waals surface area (Å²) in [5.74, 6) is -5.07. The average Bonchev–Trinajstić information content (AvgIpc) is 2.99. The molecule has 2 aromatic rings. The summed E-state index contributed by atoms with van der Waals surface area (Å²) in [5.41, 5.74) is 0.260. The Balaban J connectivity index is 0.000000691. The molecule has 1 amide bonds. The highest BCUT2D eigenvalue weighted by atomic mass is 19.2. The van der Waals surface area contributed by atoms with E-state index >= 15 is 0 Å². The summed E-state index contributed by atoms with van der Waals surface area (Å²) in [4.78, 5) is 30.2. The fourth-order valence-electron chi connectivity index (χ4n) is 3.38. The molecule has 2 unspecified atom stereocenters. The standard InChI is InChI=1S/C15H11F4NO.C8H17NO.2CH2O/c1-2-8-5-9(3-4-11(8)16)15(21)20-10-6-12(17)14(19)13(18)7-10;1-7-6-9(2)5-3-4-8(7)10;2*1-2/h3-7H,2H2,1H3,(H,20,21);7-8,10H,3-6H2,1-2H3;2*1H2.